The Hall–Kier alpha value is -2.17. The third-order valence-electron chi connectivity index (χ3n) is 4.89. The van der Waals surface area contributed by atoms with Crippen molar-refractivity contribution in [2.75, 3.05) is 46.3 Å². The van der Waals surface area contributed by atoms with E-state index in [9.17, 15) is 26.4 Å². The van der Waals surface area contributed by atoms with Gasteiger partial charge in [0.25, 0.3) is 0 Å². The molecule has 0 atom stereocenters. The molecule has 10 heteroatoms. The molecular formula is C19H22F3N3O3S. The highest BCUT2D eigenvalue weighted by Crippen LogP contribution is 2.23. The van der Waals surface area contributed by atoms with Crippen molar-refractivity contribution in [2.45, 2.75) is 11.1 Å². The molecule has 0 N–H and O–H groups in total. The lowest BCUT2D eigenvalue weighted by molar-refractivity contribution is -0.159. The first-order valence-corrected chi connectivity index (χ1v) is 10.5. The van der Waals surface area contributed by atoms with E-state index in [-0.39, 0.29) is 37.6 Å². The minimum absolute atomic E-state index is 0.170. The number of piperazine rings is 1. The monoisotopic (exact) mass is 429 g/mol. The van der Waals surface area contributed by atoms with E-state index in [1.54, 1.807) is 23.1 Å². The molecule has 6 nitrogen and oxygen atoms in total. The van der Waals surface area contributed by atoms with Crippen LogP contribution in [0.3, 0.4) is 0 Å². The minimum Gasteiger partial charge on any atom is -0.336 e. The second kappa shape index (κ2) is 8.29. The summed E-state index contributed by atoms with van der Waals surface area (Å²) in [5.74, 6) is -0.645. The van der Waals surface area contributed by atoms with Gasteiger partial charge in [0.1, 0.15) is 6.54 Å². The number of carbonyl (C=O) groups is 1. The highest BCUT2D eigenvalue weighted by Gasteiger charge is 2.33. The zero-order valence-electron chi connectivity index (χ0n) is 15.9. The molecule has 0 spiro atoms. The van der Waals surface area contributed by atoms with Crippen molar-refractivity contribution < 1.29 is 26.4 Å². The van der Waals surface area contributed by atoms with Crippen LogP contribution in [0.2, 0.25) is 0 Å². The summed E-state index contributed by atoms with van der Waals surface area (Å²) in [4.78, 5) is 14.5. The van der Waals surface area contributed by atoms with Crippen molar-refractivity contribution in [1.29, 1.82) is 0 Å². The van der Waals surface area contributed by atoms with Crippen LogP contribution in [0.1, 0.15) is 0 Å². The average Bonchev–Trinajstić information content (AvgIpc) is 2.66. The maximum Gasteiger partial charge on any atom is 0.406 e. The lowest BCUT2D eigenvalue weighted by atomic mass is 10.1. The van der Waals surface area contributed by atoms with E-state index < -0.39 is 28.7 Å². The first-order valence-electron chi connectivity index (χ1n) is 9.08. The maximum atomic E-state index is 12.9. The molecule has 3 rings (SSSR count). The molecule has 1 aliphatic rings. The second-order valence-electron chi connectivity index (χ2n) is 7.05. The van der Waals surface area contributed by atoms with Gasteiger partial charge in [-0.2, -0.15) is 17.5 Å². The highest BCUT2D eigenvalue weighted by molar-refractivity contribution is 7.89. The van der Waals surface area contributed by atoms with Gasteiger partial charge in [0, 0.05) is 33.2 Å². The van der Waals surface area contributed by atoms with Gasteiger partial charge in [-0.3, -0.25) is 9.69 Å². The average molecular weight is 429 g/mol. The summed E-state index contributed by atoms with van der Waals surface area (Å²) in [6.45, 7) is -0.577. The molecule has 1 saturated heterocycles. The second-order valence-corrected chi connectivity index (χ2v) is 8.99. The van der Waals surface area contributed by atoms with Crippen LogP contribution in [0.5, 0.6) is 0 Å². The van der Waals surface area contributed by atoms with Crippen LogP contribution in [-0.2, 0) is 14.8 Å². The highest BCUT2D eigenvalue weighted by atomic mass is 32.2. The summed E-state index contributed by atoms with van der Waals surface area (Å²) >= 11 is 0. The Labute approximate surface area is 167 Å². The maximum absolute atomic E-state index is 12.9. The number of rotatable bonds is 5. The van der Waals surface area contributed by atoms with Crippen LogP contribution >= 0.6 is 0 Å². The van der Waals surface area contributed by atoms with Crippen molar-refractivity contribution in [3.8, 4) is 0 Å². The number of amides is 1. The van der Waals surface area contributed by atoms with Gasteiger partial charge in [-0.1, -0.05) is 30.3 Å². The Morgan fingerprint density at radius 1 is 1.03 bits per heavy atom. The number of benzene rings is 2. The first-order chi connectivity index (χ1) is 13.6. The summed E-state index contributed by atoms with van der Waals surface area (Å²) < 4.78 is 64.4. The van der Waals surface area contributed by atoms with Crippen molar-refractivity contribution in [3.05, 3.63) is 42.5 Å². The van der Waals surface area contributed by atoms with E-state index in [1.807, 2.05) is 24.3 Å². The number of carbonyl (C=O) groups excluding carboxylic acids is 1. The summed E-state index contributed by atoms with van der Waals surface area (Å²) in [5.41, 5.74) is 0. The zero-order chi connectivity index (χ0) is 21.2. The van der Waals surface area contributed by atoms with Gasteiger partial charge in [0.15, 0.2) is 0 Å². The summed E-state index contributed by atoms with van der Waals surface area (Å²) in [5, 5.41) is 1.77. The Balaban J connectivity index is 1.61. The molecule has 1 aliphatic heterocycles. The Morgan fingerprint density at radius 3 is 2.28 bits per heavy atom. The molecule has 0 aliphatic carbocycles. The van der Waals surface area contributed by atoms with Crippen LogP contribution in [0, 0.1) is 0 Å². The van der Waals surface area contributed by atoms with E-state index >= 15 is 0 Å². The first kappa shape index (κ1) is 21.5. The fourth-order valence-corrected chi connectivity index (χ4v) is 4.73. The predicted octanol–water partition coefficient (Wildman–Crippen LogP) is 2.17. The molecule has 2 aromatic carbocycles. The van der Waals surface area contributed by atoms with Crippen molar-refractivity contribution >= 4 is 26.7 Å². The number of fused-ring (bicyclic) bond motifs is 1. The molecule has 158 valence electrons. The fraction of sp³-hybridized carbons (Fsp3) is 0.421. The van der Waals surface area contributed by atoms with Crippen LogP contribution in [0.4, 0.5) is 13.2 Å². The van der Waals surface area contributed by atoms with E-state index in [1.165, 1.54) is 4.31 Å². The SMILES string of the molecule is CN(CC(F)(F)F)C(=O)CN1CCN(S(=O)(=O)c2ccc3ccccc3c2)CC1. The van der Waals surface area contributed by atoms with E-state index in [4.69, 9.17) is 0 Å². The summed E-state index contributed by atoms with van der Waals surface area (Å²) in [7, 11) is -2.58. The Morgan fingerprint density at radius 2 is 1.66 bits per heavy atom. The van der Waals surface area contributed by atoms with E-state index in [0.717, 1.165) is 17.8 Å². The molecule has 29 heavy (non-hydrogen) atoms. The zero-order valence-corrected chi connectivity index (χ0v) is 16.7. The van der Waals surface area contributed by atoms with Gasteiger partial charge in [-0.05, 0) is 22.9 Å². The smallest absolute Gasteiger partial charge is 0.336 e. The van der Waals surface area contributed by atoms with Crippen LogP contribution in [-0.4, -0.2) is 80.9 Å². The van der Waals surface area contributed by atoms with Gasteiger partial charge < -0.3 is 4.90 Å². The molecule has 1 heterocycles. The van der Waals surface area contributed by atoms with Gasteiger partial charge >= 0.3 is 6.18 Å². The van der Waals surface area contributed by atoms with Gasteiger partial charge in [-0.25, -0.2) is 8.42 Å². The quantitative estimate of drug-likeness (QED) is 0.731. The standard InChI is InChI=1S/C19H22F3N3O3S/c1-23(14-19(20,21)22)18(26)13-24-8-10-25(11-9-24)29(27,28)17-7-6-15-4-2-3-5-16(15)12-17/h2-7,12H,8-11,13-14H2,1H3. The summed E-state index contributed by atoms with van der Waals surface area (Å²) in [6.07, 6.45) is -4.45. The number of likely N-dealkylation sites (N-methyl/N-ethyl adjacent to an activating group) is 1. The van der Waals surface area contributed by atoms with Crippen LogP contribution < -0.4 is 0 Å². The number of sulfonamides is 1. The number of nitrogens with zero attached hydrogens (tertiary/aromatic N) is 3. The van der Waals surface area contributed by atoms with Crippen molar-refractivity contribution in [1.82, 2.24) is 14.1 Å². The molecule has 1 amide bonds. The number of hydrogen-bond acceptors (Lipinski definition) is 4. The third-order valence-corrected chi connectivity index (χ3v) is 6.79. The van der Waals surface area contributed by atoms with Gasteiger partial charge in [0.05, 0.1) is 11.4 Å². The molecule has 1 fully saturated rings. The minimum atomic E-state index is -4.45. The molecule has 0 saturated carbocycles. The fourth-order valence-electron chi connectivity index (χ4n) is 3.27. The molecule has 0 aromatic heterocycles. The van der Waals surface area contributed by atoms with E-state index in [2.05, 4.69) is 0 Å². The normalized spacial score (nSPS) is 16.8. The topological polar surface area (TPSA) is 60.9 Å². The number of alkyl halides is 3. The lowest BCUT2D eigenvalue weighted by Crippen LogP contribution is -2.51. The van der Waals surface area contributed by atoms with Gasteiger partial charge in [-0.15, -0.1) is 0 Å². The molecule has 0 unspecified atom stereocenters. The number of halogens is 3. The Kier molecular flexibility index (Phi) is 6.16. The molecule has 0 radical (unpaired) electrons. The van der Waals surface area contributed by atoms with Crippen molar-refractivity contribution in [2.24, 2.45) is 0 Å². The van der Waals surface area contributed by atoms with Crippen LogP contribution in [0.25, 0.3) is 10.8 Å². The molecule has 0 bridgehead atoms. The van der Waals surface area contributed by atoms with Gasteiger partial charge in [0.2, 0.25) is 15.9 Å². The lowest BCUT2D eigenvalue weighted by Gasteiger charge is -2.34. The Bertz CT molecular complexity index is 987. The largest absolute Gasteiger partial charge is 0.406 e. The predicted molar refractivity (Wildman–Crippen MR) is 103 cm³/mol. The van der Waals surface area contributed by atoms with Crippen LogP contribution in [0.15, 0.2) is 47.4 Å². The molecular weight excluding hydrogens is 407 g/mol. The number of hydrogen-bond donors (Lipinski definition) is 0. The molecule has 2 aromatic rings. The van der Waals surface area contributed by atoms with E-state index in [0.29, 0.717) is 4.90 Å². The third kappa shape index (κ3) is 5.26. The van der Waals surface area contributed by atoms with Crippen molar-refractivity contribution in [3.63, 3.8) is 0 Å². The summed E-state index contributed by atoms with van der Waals surface area (Å²) in [6, 6.07) is 12.4.